The molecule has 0 saturated heterocycles. The van der Waals surface area contributed by atoms with Crippen molar-refractivity contribution in [1.29, 1.82) is 0 Å². The molecule has 1 heterocycles. The fourth-order valence-electron chi connectivity index (χ4n) is 1.92. The van der Waals surface area contributed by atoms with Gasteiger partial charge >= 0.3 is 0 Å². The van der Waals surface area contributed by atoms with Crippen molar-refractivity contribution in [3.05, 3.63) is 34.6 Å². The highest BCUT2D eigenvalue weighted by molar-refractivity contribution is 7.98. The number of rotatable bonds is 7. The molecular weight excluding hydrogens is 332 g/mol. The molecule has 0 aliphatic rings. The second-order valence-corrected chi connectivity index (χ2v) is 6.47. The maximum Gasteiger partial charge on any atom is 0.211 e. The van der Waals surface area contributed by atoms with Crippen LogP contribution >= 0.6 is 23.4 Å². The van der Waals surface area contributed by atoms with Crippen LogP contribution in [0.4, 0.5) is 0 Å². The van der Waals surface area contributed by atoms with E-state index in [1.54, 1.807) is 10.9 Å². The average Bonchev–Trinajstić information content (AvgIpc) is 2.95. The second-order valence-electron chi connectivity index (χ2n) is 5.29. The minimum Gasteiger partial charge on any atom is -0.492 e. The van der Waals surface area contributed by atoms with Crippen molar-refractivity contribution >= 4 is 29.6 Å². The lowest BCUT2D eigenvalue weighted by Gasteiger charge is -2.07. The molecule has 1 aromatic heterocycles. The van der Waals surface area contributed by atoms with Gasteiger partial charge in [0.1, 0.15) is 5.75 Å². The standard InChI is InChI=1S/C16H21ClN4OS/c1-5-8-22-14-7-6-12(9-13(14)17)10-18-21-15(11(2)3)19-20-16(21)23-4/h6-7,9-11H,5,8H2,1-4H3/b18-10-. The Kier molecular flexibility index (Phi) is 6.47. The Morgan fingerprint density at radius 3 is 2.78 bits per heavy atom. The molecule has 23 heavy (non-hydrogen) atoms. The van der Waals surface area contributed by atoms with Gasteiger partial charge in [-0.25, -0.2) is 0 Å². The number of thioether (sulfide) groups is 1. The van der Waals surface area contributed by atoms with Crippen molar-refractivity contribution in [2.75, 3.05) is 12.9 Å². The van der Waals surface area contributed by atoms with Crippen LogP contribution in [0.3, 0.4) is 0 Å². The van der Waals surface area contributed by atoms with E-state index >= 15 is 0 Å². The van der Waals surface area contributed by atoms with Crippen LogP contribution in [0, 0.1) is 0 Å². The lowest BCUT2D eigenvalue weighted by atomic mass is 10.2. The van der Waals surface area contributed by atoms with Gasteiger partial charge in [0.05, 0.1) is 17.8 Å². The number of nitrogens with zero attached hydrogens (tertiary/aromatic N) is 4. The van der Waals surface area contributed by atoms with E-state index in [0.29, 0.717) is 17.4 Å². The minimum absolute atomic E-state index is 0.244. The molecule has 2 aromatic rings. The number of benzene rings is 1. The van der Waals surface area contributed by atoms with Crippen molar-refractivity contribution in [2.45, 2.75) is 38.3 Å². The molecule has 0 atom stereocenters. The molecular formula is C16H21ClN4OS. The number of aromatic nitrogens is 3. The van der Waals surface area contributed by atoms with Crippen molar-refractivity contribution < 1.29 is 4.74 Å². The van der Waals surface area contributed by atoms with Crippen LogP contribution in [-0.2, 0) is 0 Å². The Balaban J connectivity index is 2.23. The van der Waals surface area contributed by atoms with Gasteiger partial charge < -0.3 is 4.74 Å². The SMILES string of the molecule is CCCOc1ccc(/C=N\n2c(SC)nnc2C(C)C)cc1Cl. The summed E-state index contributed by atoms with van der Waals surface area (Å²) in [6.07, 6.45) is 4.66. The van der Waals surface area contributed by atoms with Gasteiger partial charge in [-0.3, -0.25) is 0 Å². The van der Waals surface area contributed by atoms with Crippen LogP contribution in [0.25, 0.3) is 0 Å². The van der Waals surface area contributed by atoms with Crippen molar-refractivity contribution in [3.63, 3.8) is 0 Å². The average molecular weight is 353 g/mol. The molecule has 1 aromatic carbocycles. The predicted molar refractivity (Wildman–Crippen MR) is 96.1 cm³/mol. The first kappa shape index (κ1) is 17.8. The van der Waals surface area contributed by atoms with E-state index in [4.69, 9.17) is 16.3 Å². The summed E-state index contributed by atoms with van der Waals surface area (Å²) in [4.78, 5) is 0. The third-order valence-electron chi connectivity index (χ3n) is 3.08. The summed E-state index contributed by atoms with van der Waals surface area (Å²) in [5.74, 6) is 1.77. The van der Waals surface area contributed by atoms with Crippen LogP contribution in [0.5, 0.6) is 5.75 Å². The molecule has 2 rings (SSSR count). The van der Waals surface area contributed by atoms with E-state index in [9.17, 15) is 0 Å². The summed E-state index contributed by atoms with van der Waals surface area (Å²) in [6.45, 7) is 6.85. The molecule has 0 unspecified atom stereocenters. The van der Waals surface area contributed by atoms with E-state index in [2.05, 4.69) is 36.1 Å². The Morgan fingerprint density at radius 1 is 1.39 bits per heavy atom. The number of hydrogen-bond donors (Lipinski definition) is 0. The van der Waals surface area contributed by atoms with Gasteiger partial charge in [0.2, 0.25) is 5.16 Å². The fourth-order valence-corrected chi connectivity index (χ4v) is 2.60. The molecule has 5 nitrogen and oxygen atoms in total. The van der Waals surface area contributed by atoms with Crippen LogP contribution < -0.4 is 4.74 Å². The highest BCUT2D eigenvalue weighted by Gasteiger charge is 2.13. The molecule has 124 valence electrons. The molecule has 0 saturated carbocycles. The maximum absolute atomic E-state index is 6.24. The van der Waals surface area contributed by atoms with E-state index in [-0.39, 0.29) is 5.92 Å². The highest BCUT2D eigenvalue weighted by atomic mass is 35.5. The lowest BCUT2D eigenvalue weighted by molar-refractivity contribution is 0.317. The van der Waals surface area contributed by atoms with E-state index < -0.39 is 0 Å². The quantitative estimate of drug-likeness (QED) is 0.545. The van der Waals surface area contributed by atoms with E-state index in [1.165, 1.54) is 11.8 Å². The van der Waals surface area contributed by atoms with E-state index in [1.807, 2.05) is 24.5 Å². The minimum atomic E-state index is 0.244. The smallest absolute Gasteiger partial charge is 0.211 e. The van der Waals surface area contributed by atoms with Crippen molar-refractivity contribution in [2.24, 2.45) is 5.10 Å². The fraction of sp³-hybridized carbons (Fsp3) is 0.438. The van der Waals surface area contributed by atoms with Crippen molar-refractivity contribution in [3.8, 4) is 5.75 Å². The van der Waals surface area contributed by atoms with E-state index in [0.717, 1.165) is 23.0 Å². The molecule has 0 spiro atoms. The first-order chi connectivity index (χ1) is 11.1. The summed E-state index contributed by atoms with van der Waals surface area (Å²) in [7, 11) is 0. The molecule has 0 N–H and O–H groups in total. The Bertz CT molecular complexity index is 685. The summed E-state index contributed by atoms with van der Waals surface area (Å²) in [5, 5.41) is 14.2. The van der Waals surface area contributed by atoms with Gasteiger partial charge in [-0.05, 0) is 36.4 Å². The summed E-state index contributed by atoms with van der Waals surface area (Å²) >= 11 is 7.76. The Labute approximate surface area is 146 Å². The summed E-state index contributed by atoms with van der Waals surface area (Å²) < 4.78 is 7.34. The molecule has 0 aliphatic heterocycles. The zero-order chi connectivity index (χ0) is 16.8. The van der Waals surface area contributed by atoms with Crippen molar-refractivity contribution in [1.82, 2.24) is 14.9 Å². The van der Waals surface area contributed by atoms with Gasteiger partial charge in [-0.2, -0.15) is 9.78 Å². The lowest BCUT2D eigenvalue weighted by Crippen LogP contribution is -2.02. The molecule has 0 amide bonds. The normalized spacial score (nSPS) is 11.6. The predicted octanol–water partition coefficient (Wildman–Crippen LogP) is 4.45. The van der Waals surface area contributed by atoms with Gasteiger partial charge in [-0.1, -0.05) is 44.1 Å². The summed E-state index contributed by atoms with van der Waals surface area (Å²) in [6, 6.07) is 5.64. The first-order valence-corrected chi connectivity index (χ1v) is 9.13. The highest BCUT2D eigenvalue weighted by Crippen LogP contribution is 2.25. The van der Waals surface area contributed by atoms with Gasteiger partial charge in [0, 0.05) is 5.92 Å². The monoisotopic (exact) mass is 352 g/mol. The molecule has 0 fully saturated rings. The third kappa shape index (κ3) is 4.48. The third-order valence-corrected chi connectivity index (χ3v) is 3.99. The van der Waals surface area contributed by atoms with Gasteiger partial charge in [0.15, 0.2) is 5.82 Å². The van der Waals surface area contributed by atoms with Crippen LogP contribution in [0.1, 0.15) is 44.5 Å². The number of hydrogen-bond acceptors (Lipinski definition) is 5. The topological polar surface area (TPSA) is 52.3 Å². The zero-order valence-electron chi connectivity index (χ0n) is 13.8. The second kappa shape index (κ2) is 8.36. The Hall–Kier alpha value is -1.53. The summed E-state index contributed by atoms with van der Waals surface area (Å²) in [5.41, 5.74) is 0.898. The van der Waals surface area contributed by atoms with Gasteiger partial charge in [0.25, 0.3) is 0 Å². The molecule has 0 radical (unpaired) electrons. The number of halogens is 1. The van der Waals surface area contributed by atoms with Gasteiger partial charge in [-0.15, -0.1) is 10.2 Å². The maximum atomic E-state index is 6.24. The molecule has 0 aliphatic carbocycles. The largest absolute Gasteiger partial charge is 0.492 e. The number of ether oxygens (including phenoxy) is 1. The van der Waals surface area contributed by atoms with Crippen LogP contribution in [-0.4, -0.2) is 34.0 Å². The Morgan fingerprint density at radius 2 is 2.17 bits per heavy atom. The molecule has 7 heteroatoms. The molecule has 0 bridgehead atoms. The van der Waals surface area contributed by atoms with Crippen LogP contribution in [0.2, 0.25) is 5.02 Å². The first-order valence-electron chi connectivity index (χ1n) is 7.52. The zero-order valence-corrected chi connectivity index (χ0v) is 15.4. The van der Waals surface area contributed by atoms with Crippen LogP contribution in [0.15, 0.2) is 28.5 Å².